The van der Waals surface area contributed by atoms with Gasteiger partial charge in [0.15, 0.2) is 0 Å². The molecule has 0 spiro atoms. The Labute approximate surface area is 154 Å². The van der Waals surface area contributed by atoms with Gasteiger partial charge in [0, 0.05) is 6.42 Å². The zero-order valence-electron chi connectivity index (χ0n) is 13.8. The molecular formula is C16H21N5O2S2. The van der Waals surface area contributed by atoms with Crippen molar-refractivity contribution < 1.29 is 9.59 Å². The van der Waals surface area contributed by atoms with Gasteiger partial charge in [0.05, 0.1) is 10.6 Å². The first-order chi connectivity index (χ1) is 12.2. The molecule has 1 saturated carbocycles. The van der Waals surface area contributed by atoms with Gasteiger partial charge in [-0.25, -0.2) is 4.98 Å². The number of rotatable bonds is 7. The summed E-state index contributed by atoms with van der Waals surface area (Å²) in [4.78, 5) is 28.5. The molecule has 9 heteroatoms. The molecule has 2 heterocycles. The Balaban J connectivity index is 1.35. The molecule has 3 N–H and O–H groups in total. The van der Waals surface area contributed by atoms with Gasteiger partial charge >= 0.3 is 0 Å². The topological polar surface area (TPSA) is 99.8 Å². The Morgan fingerprint density at radius 2 is 2.16 bits per heavy atom. The van der Waals surface area contributed by atoms with Crippen molar-refractivity contribution >= 4 is 34.9 Å². The van der Waals surface area contributed by atoms with E-state index >= 15 is 0 Å². The second-order valence-electron chi connectivity index (χ2n) is 6.02. The lowest BCUT2D eigenvalue weighted by Gasteiger charge is -2.05. The third kappa shape index (κ3) is 5.57. The van der Waals surface area contributed by atoms with E-state index in [4.69, 9.17) is 0 Å². The fraction of sp³-hybridized carbons (Fsp3) is 0.500. The Hall–Kier alpha value is -1.87. The molecular weight excluding hydrogens is 358 g/mol. The number of thiophene rings is 1. The fourth-order valence-electron chi connectivity index (χ4n) is 2.86. The largest absolute Gasteiger partial charge is 0.279 e. The summed E-state index contributed by atoms with van der Waals surface area (Å²) in [5, 5.41) is 9.43. The molecule has 1 aliphatic rings. The summed E-state index contributed by atoms with van der Waals surface area (Å²) in [6, 6.07) is 3.48. The van der Waals surface area contributed by atoms with Crippen molar-refractivity contribution in [1.82, 2.24) is 26.0 Å². The Bertz CT molecular complexity index is 695. The summed E-state index contributed by atoms with van der Waals surface area (Å²) < 4.78 is 0. The summed E-state index contributed by atoms with van der Waals surface area (Å²) in [6.07, 6.45) is 7.40. The first-order valence-corrected chi connectivity index (χ1v) is 10.2. The number of amides is 2. The number of nitrogens with zero attached hydrogens (tertiary/aromatic N) is 2. The van der Waals surface area contributed by atoms with Crippen LogP contribution in [-0.4, -0.2) is 32.7 Å². The molecule has 0 atom stereocenters. The van der Waals surface area contributed by atoms with Crippen LogP contribution in [0.3, 0.4) is 0 Å². The van der Waals surface area contributed by atoms with Crippen molar-refractivity contribution in [3.05, 3.63) is 28.2 Å². The molecule has 3 rings (SSSR count). The molecule has 0 saturated heterocycles. The molecule has 25 heavy (non-hydrogen) atoms. The van der Waals surface area contributed by atoms with Gasteiger partial charge in [-0.3, -0.25) is 25.5 Å². The van der Waals surface area contributed by atoms with Crippen LogP contribution >= 0.6 is 23.1 Å². The van der Waals surface area contributed by atoms with E-state index in [0.717, 1.165) is 24.6 Å². The smallest absolute Gasteiger partial charge is 0.272 e. The van der Waals surface area contributed by atoms with Crippen LogP contribution in [0.1, 0.15) is 47.6 Å². The lowest BCUT2D eigenvalue weighted by atomic mass is 10.0. The standard InChI is InChI=1S/C16H21N5O2S2/c22-14(19-20-15(23)12-6-3-9-24-12)10-25-16-17-13(18-21-16)8-7-11-4-1-2-5-11/h3,6,9,11H,1-2,4-5,7-8,10H2,(H,19,22)(H,20,23)(H,17,18,21). The summed E-state index contributed by atoms with van der Waals surface area (Å²) in [7, 11) is 0. The van der Waals surface area contributed by atoms with Crippen molar-refractivity contribution in [2.75, 3.05) is 5.75 Å². The second kappa shape index (κ2) is 9.00. The first kappa shape index (κ1) is 17.9. The number of hydrazine groups is 1. The van der Waals surface area contributed by atoms with E-state index < -0.39 is 0 Å². The maximum atomic E-state index is 11.8. The Morgan fingerprint density at radius 3 is 2.92 bits per heavy atom. The van der Waals surface area contributed by atoms with Crippen LogP contribution in [0.2, 0.25) is 0 Å². The highest BCUT2D eigenvalue weighted by Crippen LogP contribution is 2.28. The molecule has 0 unspecified atom stereocenters. The molecule has 0 aromatic carbocycles. The van der Waals surface area contributed by atoms with E-state index in [1.807, 2.05) is 0 Å². The summed E-state index contributed by atoms with van der Waals surface area (Å²) in [5.41, 5.74) is 4.78. The number of aryl methyl sites for hydroxylation is 1. The zero-order chi connectivity index (χ0) is 17.5. The number of thioether (sulfide) groups is 1. The minimum Gasteiger partial charge on any atom is -0.272 e. The molecule has 0 bridgehead atoms. The molecule has 2 amide bonds. The van der Waals surface area contributed by atoms with Crippen molar-refractivity contribution in [3.8, 4) is 0 Å². The summed E-state index contributed by atoms with van der Waals surface area (Å²) >= 11 is 2.56. The number of aromatic nitrogens is 3. The molecule has 2 aromatic heterocycles. The van der Waals surface area contributed by atoms with Gasteiger partial charge in [-0.1, -0.05) is 43.5 Å². The van der Waals surface area contributed by atoms with Crippen molar-refractivity contribution in [3.63, 3.8) is 0 Å². The molecule has 134 valence electrons. The lowest BCUT2D eigenvalue weighted by Crippen LogP contribution is -2.42. The van der Waals surface area contributed by atoms with Crippen molar-refractivity contribution in [1.29, 1.82) is 0 Å². The number of hydrogen-bond donors (Lipinski definition) is 3. The van der Waals surface area contributed by atoms with E-state index in [1.54, 1.807) is 17.5 Å². The van der Waals surface area contributed by atoms with Gasteiger partial charge in [0.1, 0.15) is 5.82 Å². The molecule has 7 nitrogen and oxygen atoms in total. The number of carbonyl (C=O) groups excluding carboxylic acids is 2. The average Bonchev–Trinajstić information content (AvgIpc) is 3.38. The number of nitrogens with one attached hydrogen (secondary N) is 3. The normalized spacial score (nSPS) is 14.6. The van der Waals surface area contributed by atoms with Crippen LogP contribution in [0.15, 0.2) is 22.7 Å². The number of H-pyrrole nitrogens is 1. The molecule has 0 radical (unpaired) electrons. The minimum absolute atomic E-state index is 0.143. The van der Waals surface area contributed by atoms with E-state index in [-0.39, 0.29) is 17.6 Å². The Kier molecular flexibility index (Phi) is 6.46. The summed E-state index contributed by atoms with van der Waals surface area (Å²) in [5.74, 6) is 1.22. The fourth-order valence-corrected chi connectivity index (χ4v) is 4.09. The van der Waals surface area contributed by atoms with E-state index in [2.05, 4.69) is 26.0 Å². The zero-order valence-corrected chi connectivity index (χ0v) is 15.4. The predicted octanol–water partition coefficient (Wildman–Crippen LogP) is 2.54. The van der Waals surface area contributed by atoms with Crippen molar-refractivity contribution in [2.45, 2.75) is 43.7 Å². The average molecular weight is 380 g/mol. The lowest BCUT2D eigenvalue weighted by molar-refractivity contribution is -0.119. The van der Waals surface area contributed by atoms with E-state index in [0.29, 0.717) is 10.0 Å². The number of hydrogen-bond acceptors (Lipinski definition) is 6. The predicted molar refractivity (Wildman–Crippen MR) is 97.3 cm³/mol. The van der Waals surface area contributed by atoms with E-state index in [9.17, 15) is 9.59 Å². The molecule has 1 fully saturated rings. The highest BCUT2D eigenvalue weighted by molar-refractivity contribution is 7.99. The van der Waals surface area contributed by atoms with Gasteiger partial charge in [0.25, 0.3) is 5.91 Å². The molecule has 0 aliphatic heterocycles. The number of aromatic amines is 1. The highest BCUT2D eigenvalue weighted by Gasteiger charge is 2.16. The third-order valence-electron chi connectivity index (χ3n) is 4.17. The van der Waals surface area contributed by atoms with Crippen LogP contribution in [0.25, 0.3) is 0 Å². The van der Waals surface area contributed by atoms with Gasteiger partial charge in [-0.05, 0) is 23.8 Å². The van der Waals surface area contributed by atoms with Gasteiger partial charge in [0.2, 0.25) is 11.1 Å². The monoisotopic (exact) mass is 379 g/mol. The summed E-state index contributed by atoms with van der Waals surface area (Å²) in [6.45, 7) is 0. The second-order valence-corrected chi connectivity index (χ2v) is 7.91. The molecule has 2 aromatic rings. The van der Waals surface area contributed by atoms with Crippen molar-refractivity contribution in [2.24, 2.45) is 5.92 Å². The van der Waals surface area contributed by atoms with Gasteiger partial charge in [-0.2, -0.15) is 0 Å². The maximum Gasteiger partial charge on any atom is 0.279 e. The maximum absolute atomic E-state index is 11.8. The molecule has 1 aliphatic carbocycles. The van der Waals surface area contributed by atoms with Gasteiger partial charge < -0.3 is 0 Å². The SMILES string of the molecule is O=C(CSc1n[nH]c(CCC2CCCC2)n1)NNC(=O)c1cccs1. The Morgan fingerprint density at radius 1 is 1.32 bits per heavy atom. The minimum atomic E-state index is -0.319. The van der Waals surface area contributed by atoms with Crippen LogP contribution < -0.4 is 10.9 Å². The van der Waals surface area contributed by atoms with Crippen LogP contribution in [0.5, 0.6) is 0 Å². The van der Waals surface area contributed by atoms with Crippen LogP contribution in [0.4, 0.5) is 0 Å². The van der Waals surface area contributed by atoms with E-state index in [1.165, 1.54) is 48.8 Å². The third-order valence-corrected chi connectivity index (χ3v) is 5.88. The number of carbonyl (C=O) groups is 2. The van der Waals surface area contributed by atoms with Crippen LogP contribution in [-0.2, 0) is 11.2 Å². The van der Waals surface area contributed by atoms with Gasteiger partial charge in [-0.15, -0.1) is 16.4 Å². The quantitative estimate of drug-likeness (QED) is 0.507. The first-order valence-electron chi connectivity index (χ1n) is 8.37. The van der Waals surface area contributed by atoms with Crippen LogP contribution in [0, 0.1) is 5.92 Å². The highest BCUT2D eigenvalue weighted by atomic mass is 32.2.